The van der Waals surface area contributed by atoms with Gasteiger partial charge in [-0.05, 0) is 51.4 Å². The third-order valence-electron chi connectivity index (χ3n) is 3.03. The van der Waals surface area contributed by atoms with Gasteiger partial charge in [0.1, 0.15) is 0 Å². The second-order valence-corrected chi connectivity index (χ2v) is 4.72. The lowest BCUT2D eigenvalue weighted by atomic mass is 9.83. The summed E-state index contributed by atoms with van der Waals surface area (Å²) in [4.78, 5) is 0. The molecule has 0 spiro atoms. The molecule has 0 aliphatic heterocycles. The van der Waals surface area contributed by atoms with E-state index in [0.717, 1.165) is 25.0 Å². The first kappa shape index (κ1) is 12.0. The molecule has 84 valence electrons. The number of hydrogen-bond acceptors (Lipinski definition) is 2. The third kappa shape index (κ3) is 4.43. The van der Waals surface area contributed by atoms with Crippen molar-refractivity contribution in [3.05, 3.63) is 0 Å². The van der Waals surface area contributed by atoms with E-state index in [-0.39, 0.29) is 0 Å². The summed E-state index contributed by atoms with van der Waals surface area (Å²) in [5.74, 6) is 1.60. The Morgan fingerprint density at radius 1 is 1.00 bits per heavy atom. The Morgan fingerprint density at radius 2 is 1.50 bits per heavy atom. The summed E-state index contributed by atoms with van der Waals surface area (Å²) < 4.78 is 10.8. The maximum absolute atomic E-state index is 5.65. The Hall–Kier alpha value is -0.0800. The Bertz CT molecular complexity index is 137. The standard InChI is InChI=1S/C12H24O2/c1-10(2)14-9-12-6-4-11(5-7-12)8-13-3/h10-12H,4-9H2,1-3H3. The van der Waals surface area contributed by atoms with Crippen molar-refractivity contribution in [3.63, 3.8) is 0 Å². The molecule has 0 radical (unpaired) electrons. The highest BCUT2D eigenvalue weighted by atomic mass is 16.5. The Morgan fingerprint density at radius 3 is 1.93 bits per heavy atom. The van der Waals surface area contributed by atoms with Gasteiger partial charge < -0.3 is 9.47 Å². The van der Waals surface area contributed by atoms with E-state index >= 15 is 0 Å². The van der Waals surface area contributed by atoms with Crippen LogP contribution in [0.5, 0.6) is 0 Å². The summed E-state index contributed by atoms with van der Waals surface area (Å²) in [6.07, 6.45) is 5.66. The van der Waals surface area contributed by atoms with Crippen molar-refractivity contribution in [3.8, 4) is 0 Å². The molecule has 14 heavy (non-hydrogen) atoms. The molecule has 0 aromatic carbocycles. The lowest BCUT2D eigenvalue weighted by Crippen LogP contribution is -2.22. The van der Waals surface area contributed by atoms with Crippen molar-refractivity contribution in [2.75, 3.05) is 20.3 Å². The lowest BCUT2D eigenvalue weighted by Gasteiger charge is -2.28. The number of hydrogen-bond donors (Lipinski definition) is 0. The summed E-state index contributed by atoms with van der Waals surface area (Å²) >= 11 is 0. The van der Waals surface area contributed by atoms with E-state index in [0.29, 0.717) is 6.10 Å². The van der Waals surface area contributed by atoms with Crippen LogP contribution in [0.15, 0.2) is 0 Å². The largest absolute Gasteiger partial charge is 0.384 e. The summed E-state index contributed by atoms with van der Waals surface area (Å²) in [6.45, 7) is 6.11. The Kier molecular flexibility index (Phi) is 5.49. The quantitative estimate of drug-likeness (QED) is 0.679. The number of ether oxygens (including phenoxy) is 2. The van der Waals surface area contributed by atoms with E-state index in [1.54, 1.807) is 7.11 Å². The van der Waals surface area contributed by atoms with E-state index in [4.69, 9.17) is 9.47 Å². The maximum Gasteiger partial charge on any atom is 0.0519 e. The first-order valence-electron chi connectivity index (χ1n) is 5.83. The van der Waals surface area contributed by atoms with Gasteiger partial charge in [0, 0.05) is 20.3 Å². The van der Waals surface area contributed by atoms with Crippen molar-refractivity contribution in [1.29, 1.82) is 0 Å². The molecule has 2 nitrogen and oxygen atoms in total. The van der Waals surface area contributed by atoms with Crippen LogP contribution in [0, 0.1) is 11.8 Å². The monoisotopic (exact) mass is 200 g/mol. The minimum absolute atomic E-state index is 0.381. The van der Waals surface area contributed by atoms with Gasteiger partial charge >= 0.3 is 0 Å². The zero-order chi connectivity index (χ0) is 10.4. The molecular weight excluding hydrogens is 176 g/mol. The van der Waals surface area contributed by atoms with E-state index < -0.39 is 0 Å². The molecule has 2 heteroatoms. The van der Waals surface area contributed by atoms with Crippen molar-refractivity contribution >= 4 is 0 Å². The average Bonchev–Trinajstić information content (AvgIpc) is 2.17. The van der Waals surface area contributed by atoms with Gasteiger partial charge in [-0.1, -0.05) is 0 Å². The second-order valence-electron chi connectivity index (χ2n) is 4.72. The zero-order valence-corrected chi connectivity index (χ0v) is 9.79. The summed E-state index contributed by atoms with van der Waals surface area (Å²) in [7, 11) is 1.80. The van der Waals surface area contributed by atoms with Crippen LogP contribution in [0.2, 0.25) is 0 Å². The van der Waals surface area contributed by atoms with Gasteiger partial charge in [0.15, 0.2) is 0 Å². The molecule has 0 heterocycles. The first-order valence-corrected chi connectivity index (χ1v) is 5.83. The van der Waals surface area contributed by atoms with Crippen LogP contribution in [0.4, 0.5) is 0 Å². The Balaban J connectivity index is 2.09. The van der Waals surface area contributed by atoms with Crippen LogP contribution in [0.3, 0.4) is 0 Å². The molecule has 0 unspecified atom stereocenters. The fourth-order valence-electron chi connectivity index (χ4n) is 2.13. The van der Waals surface area contributed by atoms with Gasteiger partial charge in [-0.3, -0.25) is 0 Å². The van der Waals surface area contributed by atoms with Gasteiger partial charge in [-0.25, -0.2) is 0 Å². The Labute approximate surface area is 88.0 Å². The number of rotatable bonds is 5. The normalized spacial score (nSPS) is 28.3. The summed E-state index contributed by atoms with van der Waals surface area (Å²) in [6, 6.07) is 0. The topological polar surface area (TPSA) is 18.5 Å². The summed E-state index contributed by atoms with van der Waals surface area (Å²) in [5, 5.41) is 0. The van der Waals surface area contributed by atoms with Gasteiger partial charge in [-0.15, -0.1) is 0 Å². The smallest absolute Gasteiger partial charge is 0.0519 e. The highest BCUT2D eigenvalue weighted by molar-refractivity contribution is 4.72. The molecule has 0 amide bonds. The van der Waals surface area contributed by atoms with Gasteiger partial charge in [0.25, 0.3) is 0 Å². The summed E-state index contributed by atoms with van der Waals surface area (Å²) in [5.41, 5.74) is 0. The molecular formula is C12H24O2. The van der Waals surface area contributed by atoms with E-state index in [1.165, 1.54) is 25.7 Å². The molecule has 0 N–H and O–H groups in total. The average molecular weight is 200 g/mol. The fraction of sp³-hybridized carbons (Fsp3) is 1.00. The zero-order valence-electron chi connectivity index (χ0n) is 9.79. The predicted octanol–water partition coefficient (Wildman–Crippen LogP) is 2.86. The molecule has 0 aromatic heterocycles. The molecule has 0 saturated heterocycles. The van der Waals surface area contributed by atoms with Crippen LogP contribution in [-0.2, 0) is 9.47 Å². The highest BCUT2D eigenvalue weighted by Gasteiger charge is 2.21. The van der Waals surface area contributed by atoms with Gasteiger partial charge in [0.2, 0.25) is 0 Å². The minimum Gasteiger partial charge on any atom is -0.384 e. The second kappa shape index (κ2) is 6.41. The van der Waals surface area contributed by atoms with Gasteiger partial charge in [0.05, 0.1) is 6.10 Å². The lowest BCUT2D eigenvalue weighted by molar-refractivity contribution is 0.0298. The fourth-order valence-corrected chi connectivity index (χ4v) is 2.13. The molecule has 0 bridgehead atoms. The molecule has 0 aromatic rings. The minimum atomic E-state index is 0.381. The van der Waals surface area contributed by atoms with Crippen molar-refractivity contribution in [2.45, 2.75) is 45.6 Å². The first-order chi connectivity index (χ1) is 6.72. The molecule has 1 rings (SSSR count). The van der Waals surface area contributed by atoms with E-state index in [1.807, 2.05) is 0 Å². The molecule has 0 atom stereocenters. The molecule has 1 saturated carbocycles. The van der Waals surface area contributed by atoms with E-state index in [9.17, 15) is 0 Å². The van der Waals surface area contributed by atoms with E-state index in [2.05, 4.69) is 13.8 Å². The maximum atomic E-state index is 5.65. The van der Waals surface area contributed by atoms with Crippen molar-refractivity contribution < 1.29 is 9.47 Å². The molecule has 1 fully saturated rings. The van der Waals surface area contributed by atoms with Gasteiger partial charge in [-0.2, -0.15) is 0 Å². The van der Waals surface area contributed by atoms with Crippen LogP contribution >= 0.6 is 0 Å². The highest BCUT2D eigenvalue weighted by Crippen LogP contribution is 2.29. The van der Waals surface area contributed by atoms with Crippen LogP contribution in [0.25, 0.3) is 0 Å². The predicted molar refractivity (Wildman–Crippen MR) is 58.4 cm³/mol. The molecule has 1 aliphatic carbocycles. The SMILES string of the molecule is COCC1CCC(COC(C)C)CC1. The third-order valence-corrected chi connectivity index (χ3v) is 3.03. The van der Waals surface area contributed by atoms with Crippen molar-refractivity contribution in [1.82, 2.24) is 0 Å². The van der Waals surface area contributed by atoms with Crippen LogP contribution < -0.4 is 0 Å². The van der Waals surface area contributed by atoms with Crippen LogP contribution in [0.1, 0.15) is 39.5 Å². The molecule has 1 aliphatic rings. The van der Waals surface area contributed by atoms with Crippen LogP contribution in [-0.4, -0.2) is 26.4 Å². The number of methoxy groups -OCH3 is 1. The van der Waals surface area contributed by atoms with Crippen molar-refractivity contribution in [2.24, 2.45) is 11.8 Å².